The van der Waals surface area contributed by atoms with Gasteiger partial charge in [-0.05, 0) is 17.9 Å². The van der Waals surface area contributed by atoms with Crippen molar-refractivity contribution in [2.24, 2.45) is 0 Å². The van der Waals surface area contributed by atoms with Crippen LogP contribution in [0.2, 0.25) is 0 Å². The molecule has 1 saturated heterocycles. The maximum Gasteiger partial charge on any atom is 0.276 e. The molecule has 0 bridgehead atoms. The summed E-state index contributed by atoms with van der Waals surface area (Å²) >= 11 is 1.55. The zero-order chi connectivity index (χ0) is 14.9. The second-order valence-corrected chi connectivity index (χ2v) is 6.03. The highest BCUT2D eigenvalue weighted by molar-refractivity contribution is 7.13. The van der Waals surface area contributed by atoms with E-state index in [1.807, 2.05) is 17.5 Å². The predicted molar refractivity (Wildman–Crippen MR) is 77.4 cm³/mol. The fraction of sp³-hybridized carbons (Fsp3) is 0.286. The average Bonchev–Trinajstić information content (AvgIpc) is 3.35. The van der Waals surface area contributed by atoms with Crippen LogP contribution in [0.3, 0.4) is 0 Å². The second-order valence-electron chi connectivity index (χ2n) is 5.08. The monoisotopic (exact) mass is 316 g/mol. The molecule has 1 aliphatic rings. The van der Waals surface area contributed by atoms with E-state index in [2.05, 4.69) is 15.3 Å². The molecule has 8 heteroatoms. The third kappa shape index (κ3) is 2.31. The van der Waals surface area contributed by atoms with Crippen LogP contribution in [0.1, 0.15) is 28.7 Å². The van der Waals surface area contributed by atoms with Crippen LogP contribution in [0.15, 0.2) is 39.0 Å². The van der Waals surface area contributed by atoms with Gasteiger partial charge in [0, 0.05) is 25.1 Å². The van der Waals surface area contributed by atoms with Crippen molar-refractivity contribution in [1.82, 2.24) is 20.2 Å². The Labute approximate surface area is 129 Å². The summed E-state index contributed by atoms with van der Waals surface area (Å²) in [5.41, 5.74) is 0.331. The molecule has 22 heavy (non-hydrogen) atoms. The molecule has 1 atom stereocenters. The van der Waals surface area contributed by atoms with Gasteiger partial charge in [-0.3, -0.25) is 4.79 Å². The quantitative estimate of drug-likeness (QED) is 0.737. The smallest absolute Gasteiger partial charge is 0.276 e. The highest BCUT2D eigenvalue weighted by atomic mass is 32.1. The maximum absolute atomic E-state index is 12.5. The first kappa shape index (κ1) is 13.2. The minimum Gasteiger partial charge on any atom is -0.355 e. The van der Waals surface area contributed by atoms with Crippen molar-refractivity contribution in [2.45, 2.75) is 12.3 Å². The van der Waals surface area contributed by atoms with Crippen molar-refractivity contribution >= 4 is 17.2 Å². The Kier molecular flexibility index (Phi) is 3.23. The number of carbonyl (C=O) groups excluding carboxylic acids is 1. The first-order chi connectivity index (χ1) is 10.8. The normalized spacial score (nSPS) is 18.0. The number of hydrogen-bond donors (Lipinski definition) is 0. The Morgan fingerprint density at radius 2 is 2.36 bits per heavy atom. The molecule has 1 aliphatic heterocycles. The van der Waals surface area contributed by atoms with E-state index in [1.165, 1.54) is 6.39 Å². The van der Waals surface area contributed by atoms with Gasteiger partial charge in [0.2, 0.25) is 6.39 Å². The van der Waals surface area contributed by atoms with Crippen LogP contribution in [-0.4, -0.2) is 39.2 Å². The summed E-state index contributed by atoms with van der Waals surface area (Å²) < 4.78 is 10.0. The Morgan fingerprint density at radius 3 is 3.14 bits per heavy atom. The topological polar surface area (TPSA) is 85.3 Å². The Balaban J connectivity index is 1.49. The summed E-state index contributed by atoms with van der Waals surface area (Å²) in [4.78, 5) is 19.2. The van der Waals surface area contributed by atoms with Crippen LogP contribution < -0.4 is 0 Å². The van der Waals surface area contributed by atoms with E-state index < -0.39 is 0 Å². The van der Waals surface area contributed by atoms with Crippen LogP contribution >= 0.6 is 11.3 Å². The van der Waals surface area contributed by atoms with Gasteiger partial charge in [0.05, 0.1) is 4.88 Å². The molecule has 1 fully saturated rings. The molecular formula is C14H12N4O3S. The summed E-state index contributed by atoms with van der Waals surface area (Å²) in [5, 5.41) is 9.69. The van der Waals surface area contributed by atoms with E-state index in [4.69, 9.17) is 9.05 Å². The van der Waals surface area contributed by atoms with Gasteiger partial charge in [0.15, 0.2) is 17.3 Å². The number of aromatic nitrogens is 3. The summed E-state index contributed by atoms with van der Waals surface area (Å²) in [6.07, 6.45) is 2.13. The number of likely N-dealkylation sites (tertiary alicyclic amines) is 1. The lowest BCUT2D eigenvalue weighted by Gasteiger charge is -2.13. The third-order valence-corrected chi connectivity index (χ3v) is 4.60. The van der Waals surface area contributed by atoms with E-state index in [0.29, 0.717) is 30.4 Å². The number of rotatable bonds is 3. The van der Waals surface area contributed by atoms with E-state index in [1.54, 1.807) is 22.3 Å². The van der Waals surface area contributed by atoms with Crippen molar-refractivity contribution in [2.75, 3.05) is 13.1 Å². The molecular weight excluding hydrogens is 304 g/mol. The van der Waals surface area contributed by atoms with Gasteiger partial charge < -0.3 is 13.9 Å². The Hall–Kier alpha value is -2.48. The van der Waals surface area contributed by atoms with Crippen LogP contribution in [-0.2, 0) is 0 Å². The maximum atomic E-state index is 12.5. The van der Waals surface area contributed by atoms with Gasteiger partial charge in [0.1, 0.15) is 0 Å². The lowest BCUT2D eigenvalue weighted by molar-refractivity contribution is 0.0780. The van der Waals surface area contributed by atoms with Crippen molar-refractivity contribution in [3.63, 3.8) is 0 Å². The van der Waals surface area contributed by atoms with Gasteiger partial charge >= 0.3 is 0 Å². The van der Waals surface area contributed by atoms with Gasteiger partial charge in [-0.15, -0.1) is 11.3 Å². The molecule has 3 aromatic rings. The van der Waals surface area contributed by atoms with Crippen molar-refractivity contribution in [1.29, 1.82) is 0 Å². The fourth-order valence-electron chi connectivity index (χ4n) is 2.59. The summed E-state index contributed by atoms with van der Waals surface area (Å²) in [6.45, 7) is 1.22. The molecule has 0 aromatic carbocycles. The van der Waals surface area contributed by atoms with Gasteiger partial charge in [-0.1, -0.05) is 16.4 Å². The summed E-state index contributed by atoms with van der Waals surface area (Å²) in [6, 6.07) is 5.55. The predicted octanol–water partition coefficient (Wildman–Crippen LogP) is 2.42. The third-order valence-electron chi connectivity index (χ3n) is 3.71. The number of thiophene rings is 1. The van der Waals surface area contributed by atoms with Gasteiger partial charge in [-0.2, -0.15) is 4.98 Å². The fourth-order valence-corrected chi connectivity index (χ4v) is 3.26. The van der Waals surface area contributed by atoms with Crippen LogP contribution in [0.5, 0.6) is 0 Å². The lowest BCUT2D eigenvalue weighted by Crippen LogP contribution is -2.28. The highest BCUT2D eigenvalue weighted by Gasteiger charge is 2.31. The molecule has 0 N–H and O–H groups in total. The molecule has 1 amide bonds. The van der Waals surface area contributed by atoms with Crippen molar-refractivity contribution in [3.8, 4) is 10.6 Å². The van der Waals surface area contributed by atoms with Crippen LogP contribution in [0, 0.1) is 0 Å². The number of amides is 1. The minimum absolute atomic E-state index is 0.117. The zero-order valence-corrected chi connectivity index (χ0v) is 12.3. The van der Waals surface area contributed by atoms with E-state index in [-0.39, 0.29) is 11.8 Å². The Bertz CT molecular complexity index is 766. The minimum atomic E-state index is -0.127. The number of nitrogens with zero attached hydrogens (tertiary/aromatic N) is 4. The average molecular weight is 316 g/mol. The summed E-state index contributed by atoms with van der Waals surface area (Å²) in [5.74, 6) is 1.26. The highest BCUT2D eigenvalue weighted by Crippen LogP contribution is 2.28. The molecule has 0 saturated carbocycles. The molecule has 4 rings (SSSR count). The molecule has 7 nitrogen and oxygen atoms in total. The Morgan fingerprint density at radius 1 is 1.41 bits per heavy atom. The number of carbonyl (C=O) groups is 1. The standard InChI is InChI=1S/C14H12N4O3S/c19-14(10-6-11(21-16-10)12-2-1-5-22-12)18-4-3-9(7-18)13-15-8-20-17-13/h1-2,5-6,8-9H,3-4,7H2. The van der Waals surface area contributed by atoms with Crippen molar-refractivity contribution in [3.05, 3.63) is 41.5 Å². The lowest BCUT2D eigenvalue weighted by atomic mass is 10.1. The molecule has 4 heterocycles. The molecule has 3 aromatic heterocycles. The molecule has 0 aliphatic carbocycles. The molecule has 112 valence electrons. The molecule has 1 unspecified atom stereocenters. The van der Waals surface area contributed by atoms with Crippen LogP contribution in [0.25, 0.3) is 10.6 Å². The first-order valence-electron chi connectivity index (χ1n) is 6.87. The van der Waals surface area contributed by atoms with Crippen LogP contribution in [0.4, 0.5) is 0 Å². The zero-order valence-electron chi connectivity index (χ0n) is 11.5. The van der Waals surface area contributed by atoms with Gasteiger partial charge in [-0.25, -0.2) is 0 Å². The first-order valence-corrected chi connectivity index (χ1v) is 7.75. The van der Waals surface area contributed by atoms with E-state index >= 15 is 0 Å². The molecule has 0 radical (unpaired) electrons. The summed E-state index contributed by atoms with van der Waals surface area (Å²) in [7, 11) is 0. The molecule has 0 spiro atoms. The number of hydrogen-bond acceptors (Lipinski definition) is 7. The largest absolute Gasteiger partial charge is 0.355 e. The van der Waals surface area contributed by atoms with Gasteiger partial charge in [0.25, 0.3) is 5.91 Å². The SMILES string of the molecule is O=C(c1cc(-c2cccs2)on1)N1CCC(c2ncon2)C1. The van der Waals surface area contributed by atoms with Crippen molar-refractivity contribution < 1.29 is 13.8 Å². The van der Waals surface area contributed by atoms with E-state index in [0.717, 1.165) is 11.3 Å². The second kappa shape index (κ2) is 5.38. The van der Waals surface area contributed by atoms with E-state index in [9.17, 15) is 4.79 Å².